The number of ether oxygens (including phenoxy) is 2. The van der Waals surface area contributed by atoms with Gasteiger partial charge >= 0.3 is 0 Å². The van der Waals surface area contributed by atoms with E-state index in [0.717, 1.165) is 5.56 Å². The van der Waals surface area contributed by atoms with Crippen molar-refractivity contribution in [2.75, 3.05) is 20.8 Å². The smallest absolute Gasteiger partial charge is 0.262 e. The van der Waals surface area contributed by atoms with Crippen molar-refractivity contribution >= 4 is 22.0 Å². The standard InChI is InChI=1S/C25H25N3O6S/c1-32-23-11-8-18(14-24(23)33-2)12-13-27-25(29)19(16-26)15-20-9-10-21(34-20)17-28-35(30,31)22-6-4-3-5-7-22/h3-11,14-15,28H,12-13,17H2,1-2H3,(H,27,29)/b19-15-. The normalized spacial score (nSPS) is 11.5. The summed E-state index contributed by atoms with van der Waals surface area (Å²) in [5.74, 6) is 1.25. The second-order valence-electron chi connectivity index (χ2n) is 7.31. The van der Waals surface area contributed by atoms with Crippen LogP contribution in [0.4, 0.5) is 0 Å². The van der Waals surface area contributed by atoms with Gasteiger partial charge in [-0.2, -0.15) is 5.26 Å². The summed E-state index contributed by atoms with van der Waals surface area (Å²) in [6.07, 6.45) is 1.83. The van der Waals surface area contributed by atoms with Gasteiger partial charge in [-0.05, 0) is 48.4 Å². The third-order valence-corrected chi connectivity index (χ3v) is 6.39. The van der Waals surface area contributed by atoms with E-state index >= 15 is 0 Å². The molecule has 0 spiro atoms. The molecule has 0 bridgehead atoms. The number of sulfonamides is 1. The van der Waals surface area contributed by atoms with E-state index in [1.807, 2.05) is 18.2 Å². The topological polar surface area (TPSA) is 131 Å². The molecule has 1 amide bonds. The largest absolute Gasteiger partial charge is 0.493 e. The molecule has 0 saturated heterocycles. The molecule has 0 aliphatic carbocycles. The number of hydrogen-bond donors (Lipinski definition) is 2. The van der Waals surface area contributed by atoms with Gasteiger partial charge in [0.05, 0.1) is 25.7 Å². The van der Waals surface area contributed by atoms with Gasteiger partial charge in [0.25, 0.3) is 5.91 Å². The van der Waals surface area contributed by atoms with E-state index in [9.17, 15) is 18.5 Å². The molecule has 0 radical (unpaired) electrons. The Kier molecular flexibility index (Phi) is 8.67. The molecule has 3 aromatic rings. The van der Waals surface area contributed by atoms with Gasteiger partial charge in [0.2, 0.25) is 10.0 Å². The lowest BCUT2D eigenvalue weighted by Gasteiger charge is -2.10. The molecule has 1 heterocycles. The second kappa shape index (κ2) is 11.9. The summed E-state index contributed by atoms with van der Waals surface area (Å²) in [5.41, 5.74) is 0.794. The average molecular weight is 496 g/mol. The fourth-order valence-electron chi connectivity index (χ4n) is 3.16. The summed E-state index contributed by atoms with van der Waals surface area (Å²) in [6, 6.07) is 18.4. The molecule has 0 fully saturated rings. The molecule has 1 aromatic heterocycles. The van der Waals surface area contributed by atoms with Crippen LogP contribution in [0.1, 0.15) is 17.1 Å². The lowest BCUT2D eigenvalue weighted by Crippen LogP contribution is -2.26. The number of rotatable bonds is 11. The lowest BCUT2D eigenvalue weighted by atomic mass is 10.1. The molecule has 0 saturated carbocycles. The molecular weight excluding hydrogens is 470 g/mol. The zero-order valence-electron chi connectivity index (χ0n) is 19.3. The zero-order valence-corrected chi connectivity index (χ0v) is 20.1. The lowest BCUT2D eigenvalue weighted by molar-refractivity contribution is -0.117. The van der Waals surface area contributed by atoms with Gasteiger partial charge in [0.1, 0.15) is 23.2 Å². The highest BCUT2D eigenvalue weighted by atomic mass is 32.2. The highest BCUT2D eigenvalue weighted by Crippen LogP contribution is 2.27. The minimum atomic E-state index is -3.69. The van der Waals surface area contributed by atoms with Crippen LogP contribution in [0.25, 0.3) is 6.08 Å². The van der Waals surface area contributed by atoms with Gasteiger partial charge in [-0.1, -0.05) is 24.3 Å². The molecule has 182 valence electrons. The first kappa shape index (κ1) is 25.6. The van der Waals surface area contributed by atoms with E-state index in [1.54, 1.807) is 50.6 Å². The summed E-state index contributed by atoms with van der Waals surface area (Å²) in [6.45, 7) is 0.225. The predicted molar refractivity (Wildman–Crippen MR) is 129 cm³/mol. The van der Waals surface area contributed by atoms with E-state index in [1.165, 1.54) is 18.2 Å². The molecular formula is C25H25N3O6S. The minimum absolute atomic E-state index is 0.0789. The molecule has 2 aromatic carbocycles. The van der Waals surface area contributed by atoms with Crippen molar-refractivity contribution in [1.29, 1.82) is 5.26 Å². The van der Waals surface area contributed by atoms with E-state index in [4.69, 9.17) is 13.9 Å². The SMILES string of the molecule is COc1ccc(CCNC(=O)/C(C#N)=C\c2ccc(CNS(=O)(=O)c3ccccc3)o2)cc1OC. The molecule has 9 nitrogen and oxygen atoms in total. The molecule has 0 aliphatic heterocycles. The summed E-state index contributed by atoms with van der Waals surface area (Å²) in [7, 11) is -0.587. The van der Waals surface area contributed by atoms with Crippen molar-refractivity contribution in [2.24, 2.45) is 0 Å². The maximum absolute atomic E-state index is 12.4. The average Bonchev–Trinajstić information content (AvgIpc) is 3.34. The molecule has 10 heteroatoms. The summed E-state index contributed by atoms with van der Waals surface area (Å²) in [5, 5.41) is 12.1. The number of nitrogens with one attached hydrogen (secondary N) is 2. The highest BCUT2D eigenvalue weighted by molar-refractivity contribution is 7.89. The van der Waals surface area contributed by atoms with E-state index in [-0.39, 0.29) is 22.8 Å². The Labute approximate surface area is 204 Å². The quantitative estimate of drug-likeness (QED) is 0.309. The molecule has 3 rings (SSSR count). The fourth-order valence-corrected chi connectivity index (χ4v) is 4.17. The molecule has 0 aliphatic rings. The van der Waals surface area contributed by atoms with E-state index in [0.29, 0.717) is 30.2 Å². The number of hydrogen-bond acceptors (Lipinski definition) is 7. The van der Waals surface area contributed by atoms with E-state index < -0.39 is 15.9 Å². The van der Waals surface area contributed by atoms with Crippen LogP contribution in [0.3, 0.4) is 0 Å². The number of carbonyl (C=O) groups is 1. The number of nitriles is 1. The van der Waals surface area contributed by atoms with Crippen molar-refractivity contribution in [1.82, 2.24) is 10.0 Å². The monoisotopic (exact) mass is 495 g/mol. The van der Waals surface area contributed by atoms with Crippen LogP contribution in [0.2, 0.25) is 0 Å². The van der Waals surface area contributed by atoms with Crippen LogP contribution in [0, 0.1) is 11.3 Å². The Morgan fingerprint density at radius 1 is 1.06 bits per heavy atom. The van der Waals surface area contributed by atoms with Gasteiger partial charge < -0.3 is 19.2 Å². The number of methoxy groups -OCH3 is 2. The Hall–Kier alpha value is -4.07. The maximum atomic E-state index is 12.4. The first-order valence-electron chi connectivity index (χ1n) is 10.6. The number of furan rings is 1. The van der Waals surface area contributed by atoms with Crippen molar-refractivity contribution in [3.05, 3.63) is 83.3 Å². The van der Waals surface area contributed by atoms with Crippen LogP contribution >= 0.6 is 0 Å². The molecule has 35 heavy (non-hydrogen) atoms. The predicted octanol–water partition coefficient (Wildman–Crippen LogP) is 3.04. The van der Waals surface area contributed by atoms with Gasteiger partial charge in [-0.25, -0.2) is 13.1 Å². The first-order chi connectivity index (χ1) is 16.9. The van der Waals surface area contributed by atoms with Crippen LogP contribution in [0.15, 0.2) is 75.5 Å². The third kappa shape index (κ3) is 6.96. The van der Waals surface area contributed by atoms with Crippen LogP contribution in [0.5, 0.6) is 11.5 Å². The van der Waals surface area contributed by atoms with Crippen molar-refractivity contribution in [3.8, 4) is 17.6 Å². The van der Waals surface area contributed by atoms with Gasteiger partial charge in [0, 0.05) is 12.6 Å². The van der Waals surface area contributed by atoms with Crippen LogP contribution in [-0.4, -0.2) is 35.1 Å². The number of nitrogens with zero attached hydrogens (tertiary/aromatic N) is 1. The van der Waals surface area contributed by atoms with Gasteiger partial charge in [0.15, 0.2) is 11.5 Å². The maximum Gasteiger partial charge on any atom is 0.262 e. The highest BCUT2D eigenvalue weighted by Gasteiger charge is 2.15. The zero-order chi connectivity index (χ0) is 25.3. The second-order valence-corrected chi connectivity index (χ2v) is 9.07. The minimum Gasteiger partial charge on any atom is -0.493 e. The third-order valence-electron chi connectivity index (χ3n) is 4.97. The number of carbonyl (C=O) groups excluding carboxylic acids is 1. The summed E-state index contributed by atoms with van der Waals surface area (Å²) >= 11 is 0. The Morgan fingerprint density at radius 3 is 2.49 bits per heavy atom. The van der Waals surface area contributed by atoms with Crippen molar-refractivity contribution < 1.29 is 27.1 Å². The van der Waals surface area contributed by atoms with Gasteiger partial charge in [-0.15, -0.1) is 0 Å². The molecule has 0 atom stereocenters. The Bertz CT molecular complexity index is 1340. The molecule has 0 unspecified atom stereocenters. The number of benzene rings is 2. The number of amides is 1. The Balaban J connectivity index is 1.56. The Morgan fingerprint density at radius 2 is 1.80 bits per heavy atom. The van der Waals surface area contributed by atoms with Gasteiger partial charge in [-0.3, -0.25) is 4.79 Å². The van der Waals surface area contributed by atoms with Crippen molar-refractivity contribution in [2.45, 2.75) is 17.9 Å². The summed E-state index contributed by atoms with van der Waals surface area (Å²) < 4.78 is 43.1. The van der Waals surface area contributed by atoms with Crippen molar-refractivity contribution in [3.63, 3.8) is 0 Å². The van der Waals surface area contributed by atoms with E-state index in [2.05, 4.69) is 10.0 Å². The van der Waals surface area contributed by atoms with Crippen LogP contribution < -0.4 is 19.5 Å². The fraction of sp³-hybridized carbons (Fsp3) is 0.200. The first-order valence-corrected chi connectivity index (χ1v) is 12.1. The van der Waals surface area contributed by atoms with Crippen LogP contribution in [-0.2, 0) is 27.8 Å². The molecule has 2 N–H and O–H groups in total. The summed E-state index contributed by atoms with van der Waals surface area (Å²) in [4.78, 5) is 12.6.